The van der Waals surface area contributed by atoms with Crippen LogP contribution in [0.4, 0.5) is 0 Å². The molecule has 0 bridgehead atoms. The van der Waals surface area contributed by atoms with Crippen molar-refractivity contribution in [2.75, 3.05) is 0 Å². The third kappa shape index (κ3) is 2.98. The highest BCUT2D eigenvalue weighted by molar-refractivity contribution is 5.93. The number of hydrogen-bond donors (Lipinski definition) is 0. The average Bonchev–Trinajstić information content (AvgIpc) is 3.28. The Bertz CT molecular complexity index is 1400. The molecule has 3 aromatic heterocycles. The van der Waals surface area contributed by atoms with Gasteiger partial charge in [-0.1, -0.05) is 66.4 Å². The highest BCUT2D eigenvalue weighted by Gasteiger charge is 2.28. The van der Waals surface area contributed by atoms with Crippen LogP contribution in [0.25, 0.3) is 28.1 Å². The van der Waals surface area contributed by atoms with Crippen LogP contribution in [0.15, 0.2) is 85.1 Å². The molecule has 0 aliphatic heterocycles. The van der Waals surface area contributed by atoms with Crippen molar-refractivity contribution in [2.45, 2.75) is 26.3 Å². The third-order valence-electron chi connectivity index (χ3n) is 5.24. The lowest BCUT2D eigenvalue weighted by Gasteiger charge is -2.26. The lowest BCUT2D eigenvalue weighted by atomic mass is 10.0. The average molecular weight is 390 g/mol. The summed E-state index contributed by atoms with van der Waals surface area (Å²) in [7, 11) is 0. The van der Waals surface area contributed by atoms with E-state index in [0.29, 0.717) is 0 Å². The number of hydrogen-bond acceptors (Lipinski definition) is 1. The summed E-state index contributed by atoms with van der Waals surface area (Å²) < 4.78 is 4.55. The summed E-state index contributed by atoms with van der Waals surface area (Å²) in [6.07, 6.45) is 2.08. The van der Waals surface area contributed by atoms with Gasteiger partial charge in [0.25, 0.3) is 0 Å². The van der Waals surface area contributed by atoms with Gasteiger partial charge in [-0.15, -0.1) is 0 Å². The van der Waals surface area contributed by atoms with Crippen LogP contribution < -0.4 is 0 Å². The molecule has 0 aliphatic carbocycles. The van der Waals surface area contributed by atoms with E-state index in [1.807, 2.05) is 54.6 Å². The lowest BCUT2D eigenvalue weighted by Crippen LogP contribution is -2.23. The Morgan fingerprint density at radius 2 is 1.43 bits per heavy atom. The number of aromatic nitrogens is 3. The van der Waals surface area contributed by atoms with E-state index in [-0.39, 0.29) is 5.54 Å². The minimum atomic E-state index is -0.151. The summed E-state index contributed by atoms with van der Waals surface area (Å²) in [5.41, 5.74) is 7.03. The molecule has 3 heteroatoms. The van der Waals surface area contributed by atoms with Crippen molar-refractivity contribution in [2.24, 2.45) is 0 Å². The molecule has 146 valence electrons. The molecular formula is C27H23N3. The molecule has 0 saturated heterocycles. The van der Waals surface area contributed by atoms with Gasteiger partial charge in [-0.05, 0) is 50.6 Å². The highest BCUT2D eigenvalue weighted by atomic mass is 15.2. The third-order valence-corrected chi connectivity index (χ3v) is 5.24. The van der Waals surface area contributed by atoms with Crippen LogP contribution in [0.5, 0.6) is 0 Å². The maximum absolute atomic E-state index is 4.99. The van der Waals surface area contributed by atoms with E-state index in [1.54, 1.807) is 0 Å². The minimum Gasteiger partial charge on any atom is -0.319 e. The molecule has 0 radical (unpaired) electrons. The summed E-state index contributed by atoms with van der Waals surface area (Å²) in [5.74, 6) is 6.84. The molecule has 2 aromatic carbocycles. The molecule has 30 heavy (non-hydrogen) atoms. The van der Waals surface area contributed by atoms with Crippen LogP contribution in [-0.4, -0.2) is 14.0 Å². The van der Waals surface area contributed by atoms with Gasteiger partial charge < -0.3 is 4.57 Å². The normalized spacial score (nSPS) is 11.6. The zero-order valence-electron chi connectivity index (χ0n) is 17.4. The Labute approximate surface area is 176 Å². The van der Waals surface area contributed by atoms with Gasteiger partial charge in [0, 0.05) is 17.3 Å². The second-order valence-electron chi connectivity index (χ2n) is 8.42. The Morgan fingerprint density at radius 1 is 0.767 bits per heavy atom. The summed E-state index contributed by atoms with van der Waals surface area (Å²) in [6.45, 7) is 6.70. The predicted molar refractivity (Wildman–Crippen MR) is 124 cm³/mol. The minimum absolute atomic E-state index is 0.151. The van der Waals surface area contributed by atoms with Gasteiger partial charge in [-0.2, -0.15) is 0 Å². The van der Waals surface area contributed by atoms with Crippen molar-refractivity contribution < 1.29 is 0 Å². The quantitative estimate of drug-likeness (QED) is 0.317. The second kappa shape index (κ2) is 6.93. The van der Waals surface area contributed by atoms with Crippen molar-refractivity contribution in [3.8, 4) is 23.1 Å². The van der Waals surface area contributed by atoms with Gasteiger partial charge in [0.05, 0.1) is 11.3 Å². The molecule has 5 aromatic rings. The van der Waals surface area contributed by atoms with Crippen molar-refractivity contribution in [1.29, 1.82) is 0 Å². The van der Waals surface area contributed by atoms with Gasteiger partial charge in [0.15, 0.2) is 0 Å². The summed E-state index contributed by atoms with van der Waals surface area (Å²) in [6, 6.07) is 26.7. The summed E-state index contributed by atoms with van der Waals surface area (Å²) in [5, 5.41) is 0. The first-order valence-electron chi connectivity index (χ1n) is 10.2. The van der Waals surface area contributed by atoms with E-state index >= 15 is 0 Å². The number of fused-ring (bicyclic) bond motifs is 3. The number of imidazole rings is 1. The van der Waals surface area contributed by atoms with E-state index in [4.69, 9.17) is 4.98 Å². The van der Waals surface area contributed by atoms with Crippen LogP contribution in [0, 0.1) is 11.8 Å². The van der Waals surface area contributed by atoms with Gasteiger partial charge in [0.1, 0.15) is 16.8 Å². The first-order chi connectivity index (χ1) is 14.5. The molecule has 0 atom stereocenters. The second-order valence-corrected chi connectivity index (χ2v) is 8.42. The molecule has 0 fully saturated rings. The molecule has 0 spiro atoms. The lowest BCUT2D eigenvalue weighted by molar-refractivity contribution is 0.412. The van der Waals surface area contributed by atoms with Crippen LogP contribution in [-0.2, 0) is 5.54 Å². The van der Waals surface area contributed by atoms with Gasteiger partial charge in [-0.3, -0.25) is 4.40 Å². The van der Waals surface area contributed by atoms with Gasteiger partial charge in [0.2, 0.25) is 0 Å². The van der Waals surface area contributed by atoms with Gasteiger partial charge >= 0.3 is 0 Å². The van der Waals surface area contributed by atoms with Gasteiger partial charge in [-0.25, -0.2) is 4.98 Å². The maximum Gasteiger partial charge on any atom is 0.147 e. The van der Waals surface area contributed by atoms with E-state index in [1.165, 1.54) is 0 Å². The molecule has 0 aliphatic rings. The van der Waals surface area contributed by atoms with E-state index in [9.17, 15) is 0 Å². The molecule has 0 amide bonds. The Kier molecular flexibility index (Phi) is 4.22. The standard InChI is InChI=1S/C27H23N3/c1-27(2,3)30-25(21-14-8-5-9-15-21)22(18-17-20-12-6-4-7-13-20)24-26(30)29-19-11-10-16-23(29)28-24/h4-16,19H,1-3H3. The monoisotopic (exact) mass is 389 g/mol. The number of nitrogens with zero attached hydrogens (tertiary/aromatic N) is 3. The molecule has 0 saturated carbocycles. The molecule has 5 rings (SSSR count). The first-order valence-corrected chi connectivity index (χ1v) is 10.2. The first kappa shape index (κ1) is 18.3. The summed E-state index contributed by atoms with van der Waals surface area (Å²) >= 11 is 0. The van der Waals surface area contributed by atoms with E-state index in [2.05, 4.69) is 72.0 Å². The van der Waals surface area contributed by atoms with E-state index in [0.717, 1.165) is 39.2 Å². The molecule has 3 heterocycles. The number of rotatable bonds is 1. The Balaban J connectivity index is 1.93. The van der Waals surface area contributed by atoms with Crippen molar-refractivity contribution in [3.63, 3.8) is 0 Å². The topological polar surface area (TPSA) is 22.2 Å². The maximum atomic E-state index is 4.99. The molecule has 0 N–H and O–H groups in total. The Morgan fingerprint density at radius 3 is 2.13 bits per heavy atom. The fraction of sp³-hybridized carbons (Fsp3) is 0.148. The number of benzene rings is 2. The zero-order valence-corrected chi connectivity index (χ0v) is 17.4. The summed E-state index contributed by atoms with van der Waals surface area (Å²) in [4.78, 5) is 4.99. The SMILES string of the molecule is CC(C)(C)n1c(-c2ccccc2)c(C#Cc2ccccc2)c2nc3ccccn3c21. The van der Waals surface area contributed by atoms with Crippen LogP contribution in [0.3, 0.4) is 0 Å². The Hall–Kier alpha value is -3.77. The van der Waals surface area contributed by atoms with Crippen molar-refractivity contribution in [3.05, 3.63) is 96.2 Å². The number of pyridine rings is 1. The van der Waals surface area contributed by atoms with E-state index < -0.39 is 0 Å². The smallest absolute Gasteiger partial charge is 0.147 e. The molecule has 0 unspecified atom stereocenters. The fourth-order valence-electron chi connectivity index (χ4n) is 3.99. The van der Waals surface area contributed by atoms with Crippen LogP contribution >= 0.6 is 0 Å². The van der Waals surface area contributed by atoms with Crippen molar-refractivity contribution in [1.82, 2.24) is 14.0 Å². The van der Waals surface area contributed by atoms with Crippen LogP contribution in [0.1, 0.15) is 31.9 Å². The highest BCUT2D eigenvalue weighted by Crippen LogP contribution is 2.38. The largest absolute Gasteiger partial charge is 0.319 e. The molecule has 3 nitrogen and oxygen atoms in total. The fourth-order valence-corrected chi connectivity index (χ4v) is 3.99. The van der Waals surface area contributed by atoms with Crippen LogP contribution in [0.2, 0.25) is 0 Å². The molecular weight excluding hydrogens is 366 g/mol. The van der Waals surface area contributed by atoms with Crippen molar-refractivity contribution >= 4 is 16.8 Å². The predicted octanol–water partition coefficient (Wildman–Crippen LogP) is 6.11. The zero-order chi connectivity index (χ0) is 20.7.